The molecular weight excluding hydrogens is 372 g/mol. The molecule has 0 amide bonds. The van der Waals surface area contributed by atoms with Crippen molar-refractivity contribution in [3.8, 4) is 5.69 Å². The second-order valence-electron chi connectivity index (χ2n) is 4.97. The van der Waals surface area contributed by atoms with E-state index < -0.39 is 38.9 Å². The summed E-state index contributed by atoms with van der Waals surface area (Å²) in [4.78, 5) is 10.5. The monoisotopic (exact) mass is 381 g/mol. The molecule has 26 heavy (non-hydrogen) atoms. The van der Waals surface area contributed by atoms with Gasteiger partial charge in [0, 0.05) is 6.07 Å². The number of hydrogen-bond donors (Lipinski definition) is 2. The van der Waals surface area contributed by atoms with E-state index in [1.165, 1.54) is 35.3 Å². The lowest BCUT2D eigenvalue weighted by Gasteiger charge is -2.10. The minimum atomic E-state index is -4.24. The van der Waals surface area contributed by atoms with Crippen LogP contribution in [0.25, 0.3) is 5.69 Å². The van der Waals surface area contributed by atoms with Crippen LogP contribution in [0.2, 0.25) is 0 Å². The molecule has 0 unspecified atom stereocenters. The average Bonchev–Trinajstić information content (AvgIpc) is 3.12. The summed E-state index contributed by atoms with van der Waals surface area (Å²) in [5, 5.41) is 19.3. The number of nitrogens with zero attached hydrogens (tertiary/aromatic N) is 4. The number of rotatable bonds is 5. The molecule has 0 radical (unpaired) electrons. The number of tetrazole rings is 1. The molecule has 1 heterocycles. The van der Waals surface area contributed by atoms with Crippen molar-refractivity contribution in [2.45, 2.75) is 4.90 Å². The number of nitrogens with one attached hydrogen (secondary N) is 1. The Morgan fingerprint density at radius 3 is 2.38 bits per heavy atom. The van der Waals surface area contributed by atoms with Crippen LogP contribution >= 0.6 is 0 Å². The number of aromatic carboxylic acids is 1. The summed E-state index contributed by atoms with van der Waals surface area (Å²) in [5.41, 5.74) is -1.13. The fourth-order valence-corrected chi connectivity index (χ4v) is 3.11. The highest BCUT2D eigenvalue weighted by Crippen LogP contribution is 2.23. The van der Waals surface area contributed by atoms with E-state index in [0.29, 0.717) is 17.8 Å². The van der Waals surface area contributed by atoms with Gasteiger partial charge in [0.25, 0.3) is 10.0 Å². The predicted molar refractivity (Wildman–Crippen MR) is 83.3 cm³/mol. The number of aromatic nitrogens is 4. The highest BCUT2D eigenvalue weighted by molar-refractivity contribution is 7.92. The summed E-state index contributed by atoms with van der Waals surface area (Å²) in [5.74, 6) is -4.17. The topological polar surface area (TPSA) is 127 Å². The van der Waals surface area contributed by atoms with Crippen LogP contribution < -0.4 is 4.72 Å². The largest absolute Gasteiger partial charge is 0.478 e. The van der Waals surface area contributed by atoms with Crippen LogP contribution in [0.5, 0.6) is 0 Å². The quantitative estimate of drug-likeness (QED) is 0.684. The molecule has 0 aliphatic rings. The summed E-state index contributed by atoms with van der Waals surface area (Å²) in [6.07, 6.45) is 1.31. The van der Waals surface area contributed by atoms with E-state index in [0.717, 1.165) is 0 Å². The zero-order chi connectivity index (χ0) is 18.9. The Kier molecular flexibility index (Phi) is 4.34. The predicted octanol–water partition coefficient (Wildman–Crippen LogP) is 1.44. The SMILES string of the molecule is O=C(O)c1cc(F)c(NS(=O)(=O)c2ccc(-n3cnnn3)cc2)cc1F. The van der Waals surface area contributed by atoms with Gasteiger partial charge in [-0.05, 0) is 40.8 Å². The molecule has 134 valence electrons. The Morgan fingerprint density at radius 2 is 1.81 bits per heavy atom. The van der Waals surface area contributed by atoms with E-state index in [-0.39, 0.29) is 4.90 Å². The van der Waals surface area contributed by atoms with E-state index >= 15 is 0 Å². The van der Waals surface area contributed by atoms with Gasteiger partial charge in [-0.2, -0.15) is 0 Å². The fraction of sp³-hybridized carbons (Fsp3) is 0. The van der Waals surface area contributed by atoms with Crippen LogP contribution in [0, 0.1) is 11.6 Å². The summed E-state index contributed by atoms with van der Waals surface area (Å²) < 4.78 is 55.4. The Hall–Kier alpha value is -3.41. The van der Waals surface area contributed by atoms with Crippen molar-refractivity contribution in [2.75, 3.05) is 4.72 Å². The van der Waals surface area contributed by atoms with Gasteiger partial charge in [-0.15, -0.1) is 5.10 Å². The summed E-state index contributed by atoms with van der Waals surface area (Å²) in [6, 6.07) is 6.13. The third-order valence-electron chi connectivity index (χ3n) is 3.29. The van der Waals surface area contributed by atoms with E-state index in [2.05, 4.69) is 15.5 Å². The molecule has 0 saturated heterocycles. The molecule has 3 aromatic rings. The lowest BCUT2D eigenvalue weighted by molar-refractivity contribution is 0.0691. The number of carboxylic acid groups (broad SMARTS) is 1. The molecule has 0 spiro atoms. The van der Waals surface area contributed by atoms with Crippen LogP contribution in [-0.4, -0.2) is 39.7 Å². The van der Waals surface area contributed by atoms with Gasteiger partial charge in [0.15, 0.2) is 0 Å². The molecule has 2 aromatic carbocycles. The first kappa shape index (κ1) is 17.4. The molecular formula is C14H9F2N5O4S. The maximum Gasteiger partial charge on any atom is 0.338 e. The number of anilines is 1. The second-order valence-corrected chi connectivity index (χ2v) is 6.65. The van der Waals surface area contributed by atoms with Crippen molar-refractivity contribution in [1.82, 2.24) is 20.2 Å². The third-order valence-corrected chi connectivity index (χ3v) is 4.67. The molecule has 0 fully saturated rings. The van der Waals surface area contributed by atoms with Crippen molar-refractivity contribution in [2.24, 2.45) is 0 Å². The maximum absolute atomic E-state index is 13.9. The lowest BCUT2D eigenvalue weighted by Crippen LogP contribution is -2.15. The summed E-state index contributed by atoms with van der Waals surface area (Å²) in [6.45, 7) is 0. The van der Waals surface area contributed by atoms with Crippen LogP contribution in [0.3, 0.4) is 0 Å². The van der Waals surface area contributed by atoms with E-state index in [1.54, 1.807) is 0 Å². The Labute approximate surface area is 144 Å². The molecule has 0 aliphatic heterocycles. The van der Waals surface area contributed by atoms with Gasteiger partial charge >= 0.3 is 5.97 Å². The normalized spacial score (nSPS) is 11.3. The third kappa shape index (κ3) is 3.35. The molecule has 3 rings (SSSR count). The first-order valence-electron chi connectivity index (χ1n) is 6.86. The molecule has 2 N–H and O–H groups in total. The number of carboxylic acids is 1. The molecule has 0 bridgehead atoms. The fourth-order valence-electron chi connectivity index (χ4n) is 2.05. The van der Waals surface area contributed by atoms with Crippen molar-refractivity contribution in [1.29, 1.82) is 0 Å². The summed E-state index contributed by atoms with van der Waals surface area (Å²) >= 11 is 0. The molecule has 0 aliphatic carbocycles. The van der Waals surface area contributed by atoms with Crippen LogP contribution in [0.15, 0.2) is 47.6 Å². The van der Waals surface area contributed by atoms with Gasteiger partial charge in [0.2, 0.25) is 0 Å². The number of hydrogen-bond acceptors (Lipinski definition) is 6. The average molecular weight is 381 g/mol. The number of halogens is 2. The zero-order valence-corrected chi connectivity index (χ0v) is 13.5. The van der Waals surface area contributed by atoms with E-state index in [1.807, 2.05) is 4.72 Å². The Bertz CT molecular complexity index is 1070. The maximum atomic E-state index is 13.9. The van der Waals surface area contributed by atoms with Crippen molar-refractivity contribution in [3.63, 3.8) is 0 Å². The molecule has 0 atom stereocenters. The van der Waals surface area contributed by atoms with Gasteiger partial charge in [-0.25, -0.2) is 26.7 Å². The molecule has 1 aromatic heterocycles. The van der Waals surface area contributed by atoms with Crippen molar-refractivity contribution in [3.05, 3.63) is 59.9 Å². The van der Waals surface area contributed by atoms with Crippen LogP contribution in [-0.2, 0) is 10.0 Å². The molecule has 9 nitrogen and oxygen atoms in total. The number of benzene rings is 2. The molecule has 12 heteroatoms. The first-order chi connectivity index (χ1) is 12.3. The minimum absolute atomic E-state index is 0.226. The van der Waals surface area contributed by atoms with Gasteiger partial charge in [-0.3, -0.25) is 4.72 Å². The van der Waals surface area contributed by atoms with Crippen LogP contribution in [0.1, 0.15) is 10.4 Å². The second kappa shape index (κ2) is 6.48. The van der Waals surface area contributed by atoms with Crippen LogP contribution in [0.4, 0.5) is 14.5 Å². The highest BCUT2D eigenvalue weighted by Gasteiger charge is 2.20. The van der Waals surface area contributed by atoms with Gasteiger partial charge in [-0.1, -0.05) is 0 Å². The smallest absolute Gasteiger partial charge is 0.338 e. The van der Waals surface area contributed by atoms with E-state index in [4.69, 9.17) is 5.11 Å². The number of carbonyl (C=O) groups is 1. The van der Waals surface area contributed by atoms with Crippen molar-refractivity contribution < 1.29 is 27.1 Å². The highest BCUT2D eigenvalue weighted by atomic mass is 32.2. The zero-order valence-electron chi connectivity index (χ0n) is 12.7. The standard InChI is InChI=1S/C14H9F2N5O4S/c15-11-6-13(12(16)5-10(11)14(22)23)18-26(24,25)9-3-1-8(2-4-9)21-7-17-19-20-21/h1-7,18H,(H,22,23). The van der Waals surface area contributed by atoms with Gasteiger partial charge < -0.3 is 5.11 Å². The van der Waals surface area contributed by atoms with Crippen molar-refractivity contribution >= 4 is 21.7 Å². The number of sulfonamides is 1. The Balaban J connectivity index is 1.90. The van der Waals surface area contributed by atoms with Gasteiger partial charge in [0.1, 0.15) is 18.0 Å². The summed E-state index contributed by atoms with van der Waals surface area (Å²) in [7, 11) is -4.24. The van der Waals surface area contributed by atoms with Gasteiger partial charge in [0.05, 0.1) is 21.8 Å². The van der Waals surface area contributed by atoms with E-state index in [9.17, 15) is 22.0 Å². The minimum Gasteiger partial charge on any atom is -0.478 e. The Morgan fingerprint density at radius 1 is 1.12 bits per heavy atom. The molecule has 0 saturated carbocycles. The lowest BCUT2D eigenvalue weighted by atomic mass is 10.2. The first-order valence-corrected chi connectivity index (χ1v) is 8.35.